The molecule has 2 atom stereocenters. The molecular weight excluding hydrogens is 326 g/mol. The molecule has 3 heterocycles. The number of imide groups is 1. The maximum atomic E-state index is 13.0. The lowest BCUT2D eigenvalue weighted by Gasteiger charge is -2.32. The van der Waals surface area contributed by atoms with Crippen molar-refractivity contribution in [3.8, 4) is 0 Å². The van der Waals surface area contributed by atoms with Crippen molar-refractivity contribution in [3.05, 3.63) is 35.4 Å². The zero-order valence-electron chi connectivity index (χ0n) is 13.4. The molecule has 4 rings (SSSR count). The van der Waals surface area contributed by atoms with Gasteiger partial charge in [-0.25, -0.2) is 9.80 Å². The number of carbonyl (C=O) groups excluding carboxylic acids is 3. The van der Waals surface area contributed by atoms with Crippen molar-refractivity contribution < 1.29 is 24.3 Å². The Balaban J connectivity index is 1.69. The van der Waals surface area contributed by atoms with E-state index in [0.717, 1.165) is 4.90 Å². The monoisotopic (exact) mass is 343 g/mol. The molecule has 1 aromatic rings. The predicted molar refractivity (Wildman–Crippen MR) is 84.4 cm³/mol. The number of nitrogens with zero attached hydrogens (tertiary/aromatic N) is 3. The van der Waals surface area contributed by atoms with Gasteiger partial charge in [-0.15, -0.1) is 0 Å². The van der Waals surface area contributed by atoms with Crippen LogP contribution in [0.4, 0.5) is 0 Å². The van der Waals surface area contributed by atoms with Gasteiger partial charge in [-0.2, -0.15) is 0 Å². The van der Waals surface area contributed by atoms with Crippen molar-refractivity contribution in [1.82, 2.24) is 14.9 Å². The van der Waals surface area contributed by atoms with Crippen LogP contribution >= 0.6 is 0 Å². The highest BCUT2D eigenvalue weighted by Crippen LogP contribution is 2.31. The number of rotatable bonds is 2. The predicted octanol–water partition coefficient (Wildman–Crippen LogP) is 0.347. The normalized spacial score (nSPS) is 26.6. The molecule has 3 aliphatic heterocycles. The summed E-state index contributed by atoms with van der Waals surface area (Å²) in [4.78, 5) is 50.9. The van der Waals surface area contributed by atoms with Crippen LogP contribution in [0.2, 0.25) is 0 Å². The number of hydrogen-bond donors (Lipinski definition) is 1. The summed E-state index contributed by atoms with van der Waals surface area (Å²) in [5.74, 6) is -2.53. The van der Waals surface area contributed by atoms with Gasteiger partial charge in [0.25, 0.3) is 17.7 Å². The smallest absolute Gasteiger partial charge is 0.328 e. The highest BCUT2D eigenvalue weighted by atomic mass is 16.4. The SMILES string of the molecule is O=C(O)[C@@H]1CCN2CCCC(N3C(=O)c4ccccc4C3=O)C(=O)N12. The highest BCUT2D eigenvalue weighted by Gasteiger charge is 2.49. The molecule has 0 spiro atoms. The van der Waals surface area contributed by atoms with Crippen LogP contribution < -0.4 is 0 Å². The van der Waals surface area contributed by atoms with Crippen LogP contribution in [0.15, 0.2) is 24.3 Å². The summed E-state index contributed by atoms with van der Waals surface area (Å²) < 4.78 is 0. The summed E-state index contributed by atoms with van der Waals surface area (Å²) in [6.45, 7) is 1.02. The number of amides is 3. The van der Waals surface area contributed by atoms with Crippen LogP contribution in [0.25, 0.3) is 0 Å². The van der Waals surface area contributed by atoms with E-state index in [-0.39, 0.29) is 11.1 Å². The van der Waals surface area contributed by atoms with Crippen LogP contribution in [0.5, 0.6) is 0 Å². The van der Waals surface area contributed by atoms with E-state index in [2.05, 4.69) is 0 Å². The molecule has 1 aromatic carbocycles. The van der Waals surface area contributed by atoms with E-state index in [1.165, 1.54) is 5.01 Å². The Labute approximate surface area is 143 Å². The average Bonchev–Trinajstić information content (AvgIpc) is 3.08. The molecule has 2 fully saturated rings. The van der Waals surface area contributed by atoms with Gasteiger partial charge in [0.05, 0.1) is 11.1 Å². The molecule has 8 nitrogen and oxygen atoms in total. The highest BCUT2D eigenvalue weighted by molar-refractivity contribution is 6.22. The minimum atomic E-state index is -1.07. The van der Waals surface area contributed by atoms with Crippen molar-refractivity contribution >= 4 is 23.7 Å². The van der Waals surface area contributed by atoms with E-state index in [0.29, 0.717) is 32.4 Å². The van der Waals surface area contributed by atoms with E-state index in [1.54, 1.807) is 29.3 Å². The number of carboxylic acid groups (broad SMARTS) is 1. The fourth-order valence-electron chi connectivity index (χ4n) is 3.91. The lowest BCUT2D eigenvalue weighted by molar-refractivity contribution is -0.160. The molecular formula is C17H17N3O5. The minimum Gasteiger partial charge on any atom is -0.480 e. The molecule has 8 heteroatoms. The number of fused-ring (bicyclic) bond motifs is 2. The van der Waals surface area contributed by atoms with Gasteiger partial charge in [0.1, 0.15) is 12.1 Å². The van der Waals surface area contributed by atoms with Gasteiger partial charge < -0.3 is 5.11 Å². The molecule has 0 bridgehead atoms. The first kappa shape index (κ1) is 15.8. The third kappa shape index (κ3) is 2.25. The Morgan fingerprint density at radius 1 is 1.00 bits per heavy atom. The van der Waals surface area contributed by atoms with Gasteiger partial charge in [-0.05, 0) is 31.4 Å². The van der Waals surface area contributed by atoms with Crippen LogP contribution in [0.3, 0.4) is 0 Å². The number of carbonyl (C=O) groups is 4. The summed E-state index contributed by atoms with van der Waals surface area (Å²) in [7, 11) is 0. The summed E-state index contributed by atoms with van der Waals surface area (Å²) in [6.07, 6.45) is 1.28. The molecule has 3 aliphatic rings. The van der Waals surface area contributed by atoms with Crippen molar-refractivity contribution in [1.29, 1.82) is 0 Å². The molecule has 0 aliphatic carbocycles. The number of carboxylic acids is 1. The van der Waals surface area contributed by atoms with Crippen molar-refractivity contribution in [3.63, 3.8) is 0 Å². The van der Waals surface area contributed by atoms with Crippen LogP contribution in [0.1, 0.15) is 40.0 Å². The Kier molecular flexibility index (Phi) is 3.57. The molecule has 1 unspecified atom stereocenters. The second kappa shape index (κ2) is 5.66. The summed E-state index contributed by atoms with van der Waals surface area (Å²) in [5, 5.41) is 12.4. The van der Waals surface area contributed by atoms with Gasteiger partial charge in [0.2, 0.25) is 0 Å². The largest absolute Gasteiger partial charge is 0.480 e. The first-order valence-corrected chi connectivity index (χ1v) is 8.28. The van der Waals surface area contributed by atoms with Crippen LogP contribution in [-0.4, -0.2) is 68.9 Å². The van der Waals surface area contributed by atoms with Gasteiger partial charge in [-0.3, -0.25) is 24.3 Å². The first-order valence-electron chi connectivity index (χ1n) is 8.28. The average molecular weight is 343 g/mol. The lowest BCUT2D eigenvalue weighted by atomic mass is 10.1. The Bertz CT molecular complexity index is 757. The van der Waals surface area contributed by atoms with Crippen LogP contribution in [-0.2, 0) is 9.59 Å². The van der Waals surface area contributed by atoms with Crippen LogP contribution in [0, 0.1) is 0 Å². The van der Waals surface area contributed by atoms with E-state index < -0.39 is 35.8 Å². The molecule has 3 amide bonds. The van der Waals surface area contributed by atoms with E-state index in [9.17, 15) is 24.3 Å². The number of hydrogen-bond acceptors (Lipinski definition) is 5. The van der Waals surface area contributed by atoms with Crippen molar-refractivity contribution in [2.45, 2.75) is 31.3 Å². The van der Waals surface area contributed by atoms with Gasteiger partial charge in [-0.1, -0.05) is 12.1 Å². The third-order valence-electron chi connectivity index (χ3n) is 5.09. The van der Waals surface area contributed by atoms with Crippen molar-refractivity contribution in [2.75, 3.05) is 13.1 Å². The Morgan fingerprint density at radius 2 is 1.64 bits per heavy atom. The van der Waals surface area contributed by atoms with Crippen molar-refractivity contribution in [2.24, 2.45) is 0 Å². The van der Waals surface area contributed by atoms with E-state index in [1.807, 2.05) is 0 Å². The zero-order valence-corrected chi connectivity index (χ0v) is 13.4. The maximum Gasteiger partial charge on any atom is 0.328 e. The number of benzene rings is 1. The maximum absolute atomic E-state index is 13.0. The first-order chi connectivity index (χ1) is 12.0. The minimum absolute atomic E-state index is 0.289. The molecule has 2 saturated heterocycles. The molecule has 130 valence electrons. The lowest BCUT2D eigenvalue weighted by Crippen LogP contribution is -2.55. The van der Waals surface area contributed by atoms with Gasteiger partial charge in [0, 0.05) is 13.1 Å². The second-order valence-electron chi connectivity index (χ2n) is 6.46. The molecule has 0 aromatic heterocycles. The Morgan fingerprint density at radius 3 is 2.24 bits per heavy atom. The standard InChI is InChI=1S/C17H17N3O5/c21-14-10-4-1-2-5-11(10)15(22)19(14)12-6-3-8-18-9-7-13(17(24)25)20(18)16(12)23/h1-2,4-5,12-13H,3,6-9H2,(H,24,25)/t12?,13-/m0/s1. The quantitative estimate of drug-likeness (QED) is 0.778. The fourth-order valence-corrected chi connectivity index (χ4v) is 3.91. The second-order valence-corrected chi connectivity index (χ2v) is 6.46. The number of aliphatic carboxylic acids is 1. The summed E-state index contributed by atoms with van der Waals surface area (Å²) >= 11 is 0. The summed E-state index contributed by atoms with van der Waals surface area (Å²) in [6, 6.07) is 4.58. The van der Waals surface area contributed by atoms with Gasteiger partial charge in [0.15, 0.2) is 0 Å². The van der Waals surface area contributed by atoms with E-state index in [4.69, 9.17) is 0 Å². The molecule has 0 saturated carbocycles. The topological polar surface area (TPSA) is 98.2 Å². The van der Waals surface area contributed by atoms with E-state index >= 15 is 0 Å². The molecule has 0 radical (unpaired) electrons. The number of hydrazine groups is 1. The third-order valence-corrected chi connectivity index (χ3v) is 5.09. The summed E-state index contributed by atoms with van der Waals surface area (Å²) in [5.41, 5.74) is 0.579. The van der Waals surface area contributed by atoms with Gasteiger partial charge >= 0.3 is 5.97 Å². The fraction of sp³-hybridized carbons (Fsp3) is 0.412. The molecule has 25 heavy (non-hydrogen) atoms. The zero-order chi connectivity index (χ0) is 17.7. The molecule has 1 N–H and O–H groups in total. The Hall–Kier alpha value is -2.74.